The predicted octanol–water partition coefficient (Wildman–Crippen LogP) is 3.11. The van der Waals surface area contributed by atoms with Gasteiger partial charge in [-0.05, 0) is 16.8 Å². The van der Waals surface area contributed by atoms with Gasteiger partial charge in [-0.2, -0.15) is 13.2 Å². The van der Waals surface area contributed by atoms with Gasteiger partial charge >= 0.3 is 6.18 Å². The Kier molecular flexibility index (Phi) is 2.71. The third-order valence-electron chi connectivity index (χ3n) is 2.61. The van der Waals surface area contributed by atoms with Crippen molar-refractivity contribution in [1.82, 2.24) is 0 Å². The fourth-order valence-corrected chi connectivity index (χ4v) is 1.77. The van der Waals surface area contributed by atoms with E-state index in [2.05, 4.69) is 0 Å². The summed E-state index contributed by atoms with van der Waals surface area (Å²) < 4.78 is 37.8. The molecule has 2 aromatic rings. The van der Waals surface area contributed by atoms with Gasteiger partial charge in [0.25, 0.3) is 0 Å². The first-order chi connectivity index (χ1) is 7.91. The summed E-state index contributed by atoms with van der Waals surface area (Å²) in [6, 6.07) is 7.09. The fraction of sp³-hybridized carbons (Fsp3) is 0.167. The molecule has 17 heavy (non-hydrogen) atoms. The van der Waals surface area contributed by atoms with E-state index in [0.717, 1.165) is 0 Å². The molecule has 3 N–H and O–H groups in total. The molecule has 0 fully saturated rings. The Balaban J connectivity index is 2.71. The van der Waals surface area contributed by atoms with Crippen molar-refractivity contribution in [3.05, 3.63) is 42.0 Å². The summed E-state index contributed by atoms with van der Waals surface area (Å²) >= 11 is 0. The van der Waals surface area contributed by atoms with E-state index < -0.39 is 18.0 Å². The maximum absolute atomic E-state index is 12.6. The molecule has 90 valence electrons. The summed E-state index contributed by atoms with van der Waals surface area (Å²) in [4.78, 5) is 0. The molecule has 0 aliphatic carbocycles. The summed E-state index contributed by atoms with van der Waals surface area (Å²) in [7, 11) is 0. The van der Waals surface area contributed by atoms with E-state index in [1.54, 1.807) is 24.3 Å². The average Bonchev–Trinajstić information content (AvgIpc) is 2.27. The minimum Gasteiger partial charge on any atom is -0.508 e. The lowest BCUT2D eigenvalue weighted by Gasteiger charge is -2.19. The molecule has 0 aliphatic rings. The van der Waals surface area contributed by atoms with Crippen LogP contribution in [0.25, 0.3) is 10.8 Å². The first kappa shape index (κ1) is 11.7. The summed E-state index contributed by atoms with van der Waals surface area (Å²) in [6.07, 6.45) is -4.58. The minimum absolute atomic E-state index is 0.282. The second-order valence-electron chi connectivity index (χ2n) is 3.74. The number of fused-ring (bicyclic) bond motifs is 1. The zero-order valence-corrected chi connectivity index (χ0v) is 8.70. The van der Waals surface area contributed by atoms with Gasteiger partial charge in [0.15, 0.2) is 0 Å². The van der Waals surface area contributed by atoms with Gasteiger partial charge in [0, 0.05) is 5.56 Å². The highest BCUT2D eigenvalue weighted by Gasteiger charge is 2.40. The molecule has 0 saturated carbocycles. The molecule has 2 rings (SSSR count). The molecule has 2 nitrogen and oxygen atoms in total. The first-order valence-corrected chi connectivity index (χ1v) is 4.94. The summed E-state index contributed by atoms with van der Waals surface area (Å²) in [5, 5.41) is 10.5. The number of phenolic OH excluding ortho intramolecular Hbond substituents is 1. The fourth-order valence-electron chi connectivity index (χ4n) is 1.77. The number of hydrogen-bond donors (Lipinski definition) is 2. The molecule has 0 amide bonds. The Bertz CT molecular complexity index is 551. The van der Waals surface area contributed by atoms with E-state index in [0.29, 0.717) is 10.8 Å². The van der Waals surface area contributed by atoms with Crippen molar-refractivity contribution in [2.24, 2.45) is 5.73 Å². The lowest BCUT2D eigenvalue weighted by Crippen LogP contribution is -2.28. The molecule has 1 atom stereocenters. The van der Waals surface area contributed by atoms with Crippen LogP contribution in [0.15, 0.2) is 36.4 Å². The van der Waals surface area contributed by atoms with Crippen LogP contribution in [0.5, 0.6) is 5.75 Å². The number of phenols is 1. The zero-order valence-electron chi connectivity index (χ0n) is 8.70. The van der Waals surface area contributed by atoms with Gasteiger partial charge in [0.1, 0.15) is 11.8 Å². The Hall–Kier alpha value is -1.75. The number of nitrogens with two attached hydrogens (primary N) is 1. The molecule has 0 bridgehead atoms. The van der Waals surface area contributed by atoms with E-state index in [1.165, 1.54) is 12.1 Å². The van der Waals surface area contributed by atoms with Crippen LogP contribution in [-0.2, 0) is 0 Å². The molecule has 0 spiro atoms. The summed E-state index contributed by atoms with van der Waals surface area (Å²) in [5.74, 6) is -0.437. The number of alkyl halides is 3. The summed E-state index contributed by atoms with van der Waals surface area (Å²) in [6.45, 7) is 0. The molecule has 5 heteroatoms. The van der Waals surface area contributed by atoms with Crippen molar-refractivity contribution >= 4 is 10.8 Å². The molecular formula is C12H10F3NO. The van der Waals surface area contributed by atoms with Crippen LogP contribution < -0.4 is 5.73 Å². The second kappa shape index (κ2) is 3.92. The molecule has 2 aromatic carbocycles. The van der Waals surface area contributed by atoms with Crippen LogP contribution in [0.4, 0.5) is 13.2 Å². The third-order valence-corrected chi connectivity index (χ3v) is 2.61. The van der Waals surface area contributed by atoms with Crippen LogP contribution in [0, 0.1) is 0 Å². The van der Waals surface area contributed by atoms with Crippen LogP contribution in [0.1, 0.15) is 11.6 Å². The molecule has 0 aromatic heterocycles. The monoisotopic (exact) mass is 241 g/mol. The number of benzene rings is 2. The molecular weight excluding hydrogens is 231 g/mol. The highest BCUT2D eigenvalue weighted by Crippen LogP contribution is 2.39. The van der Waals surface area contributed by atoms with E-state index in [1.807, 2.05) is 0 Å². The van der Waals surface area contributed by atoms with E-state index >= 15 is 0 Å². The predicted molar refractivity (Wildman–Crippen MR) is 58.6 cm³/mol. The van der Waals surface area contributed by atoms with Crippen LogP contribution in [0.2, 0.25) is 0 Å². The lowest BCUT2D eigenvalue weighted by atomic mass is 9.98. The maximum atomic E-state index is 12.6. The Morgan fingerprint density at radius 2 is 1.71 bits per heavy atom. The van der Waals surface area contributed by atoms with Crippen LogP contribution in [-0.4, -0.2) is 11.3 Å². The standard InChI is InChI=1S/C12H10F3NO/c13-12(14,15)11(16)10-8-4-2-1-3-7(8)5-6-9(10)17/h1-6,11,17H,16H2/t11-/m0/s1. The molecule has 0 heterocycles. The Morgan fingerprint density at radius 3 is 2.35 bits per heavy atom. The van der Waals surface area contributed by atoms with Gasteiger partial charge in [-0.1, -0.05) is 30.3 Å². The lowest BCUT2D eigenvalue weighted by molar-refractivity contribution is -0.149. The highest BCUT2D eigenvalue weighted by molar-refractivity contribution is 5.88. The third kappa shape index (κ3) is 2.06. The number of hydrogen-bond acceptors (Lipinski definition) is 2. The number of rotatable bonds is 1. The molecule has 0 radical (unpaired) electrons. The maximum Gasteiger partial charge on any atom is 0.407 e. The van der Waals surface area contributed by atoms with Crippen molar-refractivity contribution in [3.63, 3.8) is 0 Å². The SMILES string of the molecule is N[C@@H](c1c(O)ccc2ccccc12)C(F)(F)F. The average molecular weight is 241 g/mol. The summed E-state index contributed by atoms with van der Waals surface area (Å²) in [5.41, 5.74) is 4.87. The van der Waals surface area contributed by atoms with Gasteiger partial charge in [-0.3, -0.25) is 0 Å². The smallest absolute Gasteiger partial charge is 0.407 e. The van der Waals surface area contributed by atoms with Gasteiger partial charge in [-0.25, -0.2) is 0 Å². The van der Waals surface area contributed by atoms with Crippen LogP contribution in [0.3, 0.4) is 0 Å². The minimum atomic E-state index is -4.58. The second-order valence-corrected chi connectivity index (χ2v) is 3.74. The van der Waals surface area contributed by atoms with E-state index in [4.69, 9.17) is 5.73 Å². The van der Waals surface area contributed by atoms with Crippen molar-refractivity contribution < 1.29 is 18.3 Å². The van der Waals surface area contributed by atoms with Gasteiger partial charge < -0.3 is 10.8 Å². The van der Waals surface area contributed by atoms with Crippen molar-refractivity contribution in [2.45, 2.75) is 12.2 Å². The van der Waals surface area contributed by atoms with Gasteiger partial charge in [0.05, 0.1) is 0 Å². The van der Waals surface area contributed by atoms with Crippen molar-refractivity contribution in [3.8, 4) is 5.75 Å². The zero-order chi connectivity index (χ0) is 12.6. The number of aromatic hydroxyl groups is 1. The Morgan fingerprint density at radius 1 is 1.06 bits per heavy atom. The topological polar surface area (TPSA) is 46.2 Å². The van der Waals surface area contributed by atoms with Crippen molar-refractivity contribution in [1.29, 1.82) is 0 Å². The first-order valence-electron chi connectivity index (χ1n) is 4.94. The molecule has 0 saturated heterocycles. The molecule has 0 aliphatic heterocycles. The van der Waals surface area contributed by atoms with Gasteiger partial charge in [-0.15, -0.1) is 0 Å². The van der Waals surface area contributed by atoms with E-state index in [-0.39, 0.29) is 5.56 Å². The quantitative estimate of drug-likeness (QED) is 0.805. The van der Waals surface area contributed by atoms with E-state index in [9.17, 15) is 18.3 Å². The normalized spacial score (nSPS) is 13.9. The van der Waals surface area contributed by atoms with Gasteiger partial charge in [0.2, 0.25) is 0 Å². The number of halogens is 3. The largest absolute Gasteiger partial charge is 0.508 e. The van der Waals surface area contributed by atoms with Crippen LogP contribution >= 0.6 is 0 Å². The van der Waals surface area contributed by atoms with Crippen molar-refractivity contribution in [2.75, 3.05) is 0 Å². The highest BCUT2D eigenvalue weighted by atomic mass is 19.4. The Labute approximate surface area is 95.5 Å². The molecule has 0 unspecified atom stereocenters.